The molecular weight excluding hydrogens is 460 g/mol. The van der Waals surface area contributed by atoms with Crippen molar-refractivity contribution in [3.05, 3.63) is 95.8 Å². The molecule has 0 N–H and O–H groups in total. The minimum absolute atomic E-state index is 0.208. The van der Waals surface area contributed by atoms with Crippen LogP contribution in [0.3, 0.4) is 0 Å². The van der Waals surface area contributed by atoms with Crippen LogP contribution in [0, 0.1) is 18.3 Å². The summed E-state index contributed by atoms with van der Waals surface area (Å²) in [5.41, 5.74) is 4.19. The van der Waals surface area contributed by atoms with Gasteiger partial charge in [0.15, 0.2) is 0 Å². The number of benzene rings is 3. The summed E-state index contributed by atoms with van der Waals surface area (Å²) in [6, 6.07) is 17.8. The normalized spacial score (nSPS) is 11.6. The molecule has 7 nitrogen and oxygen atoms in total. The van der Waals surface area contributed by atoms with E-state index in [1.807, 2.05) is 19.2 Å². The van der Waals surface area contributed by atoms with Crippen molar-refractivity contribution in [2.75, 3.05) is 7.11 Å². The van der Waals surface area contributed by atoms with Crippen LogP contribution in [0.5, 0.6) is 5.75 Å². The van der Waals surface area contributed by atoms with Crippen molar-refractivity contribution in [2.24, 2.45) is 0 Å². The Morgan fingerprint density at radius 3 is 2.60 bits per heavy atom. The SMILES string of the molecule is C=Cc1cc(OC)c(Cn2cc3ccc(C#N)cc3n2)c2ccn(S(=O)(=O)c3ccc(C)cc3)c12. The Labute approximate surface area is 203 Å². The second-order valence-electron chi connectivity index (χ2n) is 8.25. The van der Waals surface area contributed by atoms with E-state index in [4.69, 9.17) is 4.74 Å². The van der Waals surface area contributed by atoms with E-state index >= 15 is 0 Å². The van der Waals surface area contributed by atoms with Crippen molar-refractivity contribution in [3.8, 4) is 11.8 Å². The smallest absolute Gasteiger partial charge is 0.268 e. The second kappa shape index (κ2) is 8.46. The van der Waals surface area contributed by atoms with Gasteiger partial charge >= 0.3 is 0 Å². The number of nitriles is 1. The van der Waals surface area contributed by atoms with Gasteiger partial charge in [-0.25, -0.2) is 12.4 Å². The molecule has 35 heavy (non-hydrogen) atoms. The monoisotopic (exact) mass is 482 g/mol. The largest absolute Gasteiger partial charge is 0.496 e. The van der Waals surface area contributed by atoms with Crippen LogP contribution in [0.25, 0.3) is 27.9 Å². The summed E-state index contributed by atoms with van der Waals surface area (Å²) in [7, 11) is -2.25. The highest BCUT2D eigenvalue weighted by molar-refractivity contribution is 7.90. The zero-order chi connectivity index (χ0) is 24.7. The van der Waals surface area contributed by atoms with Crippen LogP contribution >= 0.6 is 0 Å². The van der Waals surface area contributed by atoms with Crippen molar-refractivity contribution in [1.82, 2.24) is 13.8 Å². The Morgan fingerprint density at radius 1 is 1.14 bits per heavy atom. The van der Waals surface area contributed by atoms with E-state index < -0.39 is 10.0 Å². The Morgan fingerprint density at radius 2 is 1.91 bits per heavy atom. The van der Waals surface area contributed by atoms with E-state index in [2.05, 4.69) is 17.7 Å². The maximum absolute atomic E-state index is 13.5. The van der Waals surface area contributed by atoms with Crippen LogP contribution in [0.15, 0.2) is 78.5 Å². The van der Waals surface area contributed by atoms with Crippen LogP contribution in [0.1, 0.15) is 22.3 Å². The van der Waals surface area contributed by atoms with Gasteiger partial charge < -0.3 is 4.74 Å². The molecule has 0 radical (unpaired) electrons. The van der Waals surface area contributed by atoms with Gasteiger partial charge in [-0.1, -0.05) is 30.4 Å². The summed E-state index contributed by atoms with van der Waals surface area (Å²) in [5, 5.41) is 15.4. The molecule has 0 aliphatic rings. The maximum Gasteiger partial charge on any atom is 0.268 e. The minimum Gasteiger partial charge on any atom is -0.496 e. The summed E-state index contributed by atoms with van der Waals surface area (Å²) >= 11 is 0. The van der Waals surface area contributed by atoms with E-state index in [1.54, 1.807) is 72.6 Å². The number of hydrogen-bond donors (Lipinski definition) is 0. The molecule has 0 amide bonds. The molecule has 5 aromatic rings. The number of aromatic nitrogens is 3. The highest BCUT2D eigenvalue weighted by atomic mass is 32.2. The van der Waals surface area contributed by atoms with E-state index in [0.717, 1.165) is 21.9 Å². The van der Waals surface area contributed by atoms with E-state index in [9.17, 15) is 13.7 Å². The molecule has 2 heterocycles. The van der Waals surface area contributed by atoms with Crippen molar-refractivity contribution in [2.45, 2.75) is 18.4 Å². The number of hydrogen-bond acceptors (Lipinski definition) is 5. The molecule has 0 saturated heterocycles. The lowest BCUT2D eigenvalue weighted by molar-refractivity contribution is 0.408. The van der Waals surface area contributed by atoms with E-state index in [0.29, 0.717) is 34.5 Å². The molecule has 0 saturated carbocycles. The average molecular weight is 483 g/mol. The van der Waals surface area contributed by atoms with Gasteiger partial charge in [-0.3, -0.25) is 4.68 Å². The number of aryl methyl sites for hydroxylation is 1. The summed E-state index contributed by atoms with van der Waals surface area (Å²) in [5.74, 6) is 0.607. The fourth-order valence-electron chi connectivity index (χ4n) is 4.27. The molecule has 0 spiro atoms. The van der Waals surface area contributed by atoms with Gasteiger partial charge in [-0.15, -0.1) is 0 Å². The summed E-state index contributed by atoms with van der Waals surface area (Å²) in [6.45, 7) is 6.16. The van der Waals surface area contributed by atoms with Gasteiger partial charge in [-0.2, -0.15) is 10.4 Å². The zero-order valence-electron chi connectivity index (χ0n) is 19.3. The van der Waals surface area contributed by atoms with Crippen molar-refractivity contribution >= 4 is 37.9 Å². The zero-order valence-corrected chi connectivity index (χ0v) is 20.1. The van der Waals surface area contributed by atoms with Gasteiger partial charge in [0, 0.05) is 34.3 Å². The van der Waals surface area contributed by atoms with E-state index in [-0.39, 0.29) is 4.90 Å². The van der Waals surface area contributed by atoms with Crippen molar-refractivity contribution in [3.63, 3.8) is 0 Å². The third-order valence-electron chi connectivity index (χ3n) is 6.06. The first kappa shape index (κ1) is 22.4. The first-order chi connectivity index (χ1) is 16.8. The third kappa shape index (κ3) is 3.76. The van der Waals surface area contributed by atoms with E-state index in [1.165, 1.54) is 3.97 Å². The van der Waals surface area contributed by atoms with Gasteiger partial charge in [0.2, 0.25) is 0 Å². The van der Waals surface area contributed by atoms with Crippen molar-refractivity contribution in [1.29, 1.82) is 5.26 Å². The lowest BCUT2D eigenvalue weighted by Gasteiger charge is -2.15. The molecule has 0 aliphatic carbocycles. The lowest BCUT2D eigenvalue weighted by Crippen LogP contribution is -2.13. The van der Waals surface area contributed by atoms with Gasteiger partial charge in [0.25, 0.3) is 10.0 Å². The first-order valence-corrected chi connectivity index (χ1v) is 12.3. The molecule has 0 atom stereocenters. The fraction of sp³-hybridized carbons (Fsp3) is 0.111. The molecule has 8 heteroatoms. The summed E-state index contributed by atoms with van der Waals surface area (Å²) < 4.78 is 35.8. The molecule has 0 unspecified atom stereocenters. The fourth-order valence-corrected chi connectivity index (χ4v) is 5.65. The van der Waals surface area contributed by atoms with Gasteiger partial charge in [-0.05, 0) is 49.4 Å². The number of nitrogens with zero attached hydrogens (tertiary/aromatic N) is 4. The summed E-state index contributed by atoms with van der Waals surface area (Å²) in [4.78, 5) is 0.208. The number of ether oxygens (including phenoxy) is 1. The lowest BCUT2D eigenvalue weighted by atomic mass is 10.0. The molecule has 0 bridgehead atoms. The quantitative estimate of drug-likeness (QED) is 0.336. The molecule has 2 aromatic heterocycles. The highest BCUT2D eigenvalue weighted by Crippen LogP contribution is 2.35. The Kier molecular flexibility index (Phi) is 5.42. The molecule has 0 aliphatic heterocycles. The van der Waals surface area contributed by atoms with Crippen LogP contribution < -0.4 is 4.74 Å². The molecule has 0 fully saturated rings. The Hall–Kier alpha value is -4.35. The predicted octanol–water partition coefficient (Wildman–Crippen LogP) is 5.11. The molecule has 3 aromatic carbocycles. The third-order valence-corrected chi connectivity index (χ3v) is 7.75. The summed E-state index contributed by atoms with van der Waals surface area (Å²) in [6.07, 6.45) is 5.08. The number of rotatable bonds is 6. The first-order valence-electron chi connectivity index (χ1n) is 10.9. The Balaban J connectivity index is 1.69. The molecular formula is C27H22N4O3S. The van der Waals surface area contributed by atoms with Crippen LogP contribution in [-0.2, 0) is 16.6 Å². The topological polar surface area (TPSA) is 89.9 Å². The second-order valence-corrected chi connectivity index (χ2v) is 10.1. The molecule has 5 rings (SSSR count). The predicted molar refractivity (Wildman–Crippen MR) is 136 cm³/mol. The number of methoxy groups -OCH3 is 1. The van der Waals surface area contributed by atoms with Crippen LogP contribution in [0.4, 0.5) is 0 Å². The number of fused-ring (bicyclic) bond motifs is 2. The molecule has 174 valence electrons. The minimum atomic E-state index is -3.83. The average Bonchev–Trinajstić information content (AvgIpc) is 3.48. The maximum atomic E-state index is 13.5. The van der Waals surface area contributed by atoms with Gasteiger partial charge in [0.05, 0.1) is 41.2 Å². The van der Waals surface area contributed by atoms with Crippen LogP contribution in [-0.4, -0.2) is 29.3 Å². The highest BCUT2D eigenvalue weighted by Gasteiger charge is 2.23. The Bertz CT molecular complexity index is 1750. The standard InChI is InChI=1S/C27H22N4O3S/c1-4-20-14-26(34-3)24(17-30-16-21-8-7-19(15-28)13-25(21)29-30)23-11-12-31(27(20)23)35(32,33)22-9-5-18(2)6-10-22/h4-14,16H,1,17H2,2-3H3. The van der Waals surface area contributed by atoms with Gasteiger partial charge in [0.1, 0.15) is 5.75 Å². The van der Waals surface area contributed by atoms with Crippen molar-refractivity contribution < 1.29 is 13.2 Å². The van der Waals surface area contributed by atoms with Crippen LogP contribution in [0.2, 0.25) is 0 Å².